The lowest BCUT2D eigenvalue weighted by molar-refractivity contribution is 0.0761. The quantitative estimate of drug-likeness (QED) is 0.453. The number of anilines is 1. The van der Waals surface area contributed by atoms with Crippen molar-refractivity contribution in [3.8, 4) is 5.69 Å². The number of nitrogens with zero attached hydrogens (tertiary/aromatic N) is 3. The van der Waals surface area contributed by atoms with Crippen molar-refractivity contribution < 1.29 is 14.0 Å². The molecule has 3 heterocycles. The summed E-state index contributed by atoms with van der Waals surface area (Å²) < 4.78 is 6.60. The van der Waals surface area contributed by atoms with Crippen LogP contribution in [0.15, 0.2) is 90.0 Å². The first kappa shape index (κ1) is 21.7. The highest BCUT2D eigenvalue weighted by atomic mass is 16.3. The normalized spacial score (nSPS) is 16.1. The molecule has 172 valence electrons. The molecule has 1 fully saturated rings. The minimum atomic E-state index is -0.263. The molecule has 0 saturated carbocycles. The Labute approximate surface area is 198 Å². The molecule has 0 unspecified atom stereocenters. The van der Waals surface area contributed by atoms with Gasteiger partial charge in [-0.1, -0.05) is 30.3 Å². The molecule has 1 aliphatic heterocycles. The van der Waals surface area contributed by atoms with Gasteiger partial charge in [-0.05, 0) is 61.1 Å². The lowest BCUT2D eigenvalue weighted by Crippen LogP contribution is -2.31. The summed E-state index contributed by atoms with van der Waals surface area (Å²) in [5.74, 6) is 0.305. The zero-order valence-electron chi connectivity index (χ0n) is 18.8. The Balaban J connectivity index is 1.21. The summed E-state index contributed by atoms with van der Waals surface area (Å²) in [6.07, 6.45) is 9.24. The maximum absolute atomic E-state index is 13.1. The zero-order valence-corrected chi connectivity index (χ0v) is 18.8. The number of carbonyl (C=O) groups excluding carboxylic acids is 2. The molecular formula is C27H26N4O3. The van der Waals surface area contributed by atoms with Gasteiger partial charge >= 0.3 is 0 Å². The second-order valence-corrected chi connectivity index (χ2v) is 8.52. The van der Waals surface area contributed by atoms with Gasteiger partial charge in [-0.15, -0.1) is 0 Å². The first-order chi connectivity index (χ1) is 16.7. The number of benzene rings is 2. The van der Waals surface area contributed by atoms with Crippen molar-refractivity contribution in [1.82, 2.24) is 14.7 Å². The maximum atomic E-state index is 13.1. The Morgan fingerprint density at radius 2 is 1.76 bits per heavy atom. The van der Waals surface area contributed by atoms with E-state index in [1.54, 1.807) is 23.1 Å². The third kappa shape index (κ3) is 4.78. The van der Waals surface area contributed by atoms with Crippen molar-refractivity contribution >= 4 is 17.5 Å². The van der Waals surface area contributed by atoms with E-state index in [-0.39, 0.29) is 11.8 Å². The zero-order chi connectivity index (χ0) is 23.3. The largest absolute Gasteiger partial charge is 0.472 e. The average molecular weight is 455 g/mol. The van der Waals surface area contributed by atoms with Crippen LogP contribution in [0.25, 0.3) is 5.69 Å². The highest BCUT2D eigenvalue weighted by molar-refractivity contribution is 6.03. The third-order valence-corrected chi connectivity index (χ3v) is 6.29. The number of hydrogen-bond acceptors (Lipinski definition) is 4. The second kappa shape index (κ2) is 9.79. The summed E-state index contributed by atoms with van der Waals surface area (Å²) >= 11 is 0. The smallest absolute Gasteiger partial charge is 0.259 e. The van der Waals surface area contributed by atoms with Crippen molar-refractivity contribution in [2.24, 2.45) is 0 Å². The SMILES string of the molecule is O=C(Nc1cnn(-c2ccc(C(=O)N3CCC[C@@H](c4ccccc4)CC3)cc2)c1)c1ccoc1. The fraction of sp³-hybridized carbons (Fsp3) is 0.222. The van der Waals surface area contributed by atoms with Crippen LogP contribution in [-0.2, 0) is 0 Å². The van der Waals surface area contributed by atoms with E-state index in [1.807, 2.05) is 35.2 Å². The summed E-state index contributed by atoms with van der Waals surface area (Å²) in [4.78, 5) is 27.3. The van der Waals surface area contributed by atoms with Crippen LogP contribution in [0.1, 0.15) is 51.5 Å². The molecular weight excluding hydrogens is 428 g/mol. The molecule has 2 amide bonds. The first-order valence-electron chi connectivity index (χ1n) is 11.5. The lowest BCUT2D eigenvalue weighted by Gasteiger charge is -2.21. The van der Waals surface area contributed by atoms with Gasteiger partial charge in [0, 0.05) is 18.7 Å². The van der Waals surface area contributed by atoms with E-state index in [9.17, 15) is 9.59 Å². The van der Waals surface area contributed by atoms with Crippen LogP contribution in [0.3, 0.4) is 0 Å². The van der Waals surface area contributed by atoms with Gasteiger partial charge in [-0.2, -0.15) is 5.10 Å². The Morgan fingerprint density at radius 3 is 2.53 bits per heavy atom. The van der Waals surface area contributed by atoms with Crippen molar-refractivity contribution in [1.29, 1.82) is 0 Å². The van der Waals surface area contributed by atoms with Gasteiger partial charge in [0.05, 0.1) is 35.6 Å². The number of rotatable bonds is 5. The number of nitrogens with one attached hydrogen (secondary N) is 1. The number of aromatic nitrogens is 2. The van der Waals surface area contributed by atoms with Crippen molar-refractivity contribution in [3.05, 3.63) is 102 Å². The van der Waals surface area contributed by atoms with E-state index in [0.29, 0.717) is 22.7 Å². The average Bonchev–Trinajstić information content (AvgIpc) is 3.52. The number of carbonyl (C=O) groups is 2. The van der Waals surface area contributed by atoms with Gasteiger partial charge in [0.15, 0.2) is 0 Å². The second-order valence-electron chi connectivity index (χ2n) is 8.52. The van der Waals surface area contributed by atoms with E-state index in [4.69, 9.17) is 4.42 Å². The van der Waals surface area contributed by atoms with Gasteiger partial charge in [-0.25, -0.2) is 4.68 Å². The molecule has 2 aromatic carbocycles. The molecule has 5 rings (SSSR count). The van der Waals surface area contributed by atoms with E-state index in [1.165, 1.54) is 18.1 Å². The first-order valence-corrected chi connectivity index (χ1v) is 11.5. The van der Waals surface area contributed by atoms with Gasteiger partial charge < -0.3 is 14.6 Å². The summed E-state index contributed by atoms with van der Waals surface area (Å²) in [6, 6.07) is 19.6. The lowest BCUT2D eigenvalue weighted by atomic mass is 9.92. The molecule has 0 bridgehead atoms. The highest BCUT2D eigenvalue weighted by Gasteiger charge is 2.22. The van der Waals surface area contributed by atoms with Crippen molar-refractivity contribution in [2.75, 3.05) is 18.4 Å². The standard InChI is InChI=1S/C27H26N4O3/c32-26(23-13-16-34-19-23)29-24-17-28-31(18-24)25-10-8-22(9-11-25)27(33)30-14-4-7-21(12-15-30)20-5-2-1-3-6-20/h1-3,5-6,8-11,13,16-19,21H,4,7,12,14-15H2,(H,29,32)/t21-/m1/s1. The molecule has 0 spiro atoms. The molecule has 2 aromatic heterocycles. The molecule has 0 radical (unpaired) electrons. The molecule has 1 aliphatic rings. The van der Waals surface area contributed by atoms with Crippen molar-refractivity contribution in [2.45, 2.75) is 25.2 Å². The van der Waals surface area contributed by atoms with Gasteiger partial charge in [-0.3, -0.25) is 9.59 Å². The van der Waals surface area contributed by atoms with Gasteiger partial charge in [0.25, 0.3) is 11.8 Å². The number of amides is 2. The van der Waals surface area contributed by atoms with Crippen LogP contribution in [0.2, 0.25) is 0 Å². The van der Waals surface area contributed by atoms with Crippen LogP contribution in [-0.4, -0.2) is 39.6 Å². The molecule has 4 aromatic rings. The predicted molar refractivity (Wildman–Crippen MR) is 129 cm³/mol. The maximum Gasteiger partial charge on any atom is 0.259 e. The molecule has 34 heavy (non-hydrogen) atoms. The Hall–Kier alpha value is -4.13. The fourth-order valence-corrected chi connectivity index (χ4v) is 4.42. The molecule has 1 atom stereocenters. The number of furan rings is 1. The predicted octanol–water partition coefficient (Wildman–Crippen LogP) is 5.13. The summed E-state index contributed by atoms with van der Waals surface area (Å²) in [5.41, 5.74) is 3.85. The van der Waals surface area contributed by atoms with Crippen LogP contribution in [0.5, 0.6) is 0 Å². The fourth-order valence-electron chi connectivity index (χ4n) is 4.42. The third-order valence-electron chi connectivity index (χ3n) is 6.29. The number of likely N-dealkylation sites (tertiary alicyclic amines) is 1. The summed E-state index contributed by atoms with van der Waals surface area (Å²) in [5, 5.41) is 7.10. The topological polar surface area (TPSA) is 80.4 Å². The van der Waals surface area contributed by atoms with E-state index in [0.717, 1.165) is 38.0 Å². The van der Waals surface area contributed by atoms with E-state index in [2.05, 4.69) is 34.7 Å². The Morgan fingerprint density at radius 1 is 0.941 bits per heavy atom. The summed E-state index contributed by atoms with van der Waals surface area (Å²) in [6.45, 7) is 1.54. The van der Waals surface area contributed by atoms with Crippen LogP contribution in [0.4, 0.5) is 5.69 Å². The van der Waals surface area contributed by atoms with Crippen LogP contribution < -0.4 is 5.32 Å². The monoisotopic (exact) mass is 454 g/mol. The molecule has 1 N–H and O–H groups in total. The molecule has 7 nitrogen and oxygen atoms in total. The minimum Gasteiger partial charge on any atom is -0.472 e. The number of hydrogen-bond donors (Lipinski definition) is 1. The molecule has 7 heteroatoms. The molecule has 1 saturated heterocycles. The Bertz CT molecular complexity index is 1250. The van der Waals surface area contributed by atoms with Crippen LogP contribution >= 0.6 is 0 Å². The molecule has 0 aliphatic carbocycles. The van der Waals surface area contributed by atoms with Gasteiger partial charge in [0.1, 0.15) is 6.26 Å². The Kier molecular flexibility index (Phi) is 6.25. The minimum absolute atomic E-state index is 0.0637. The van der Waals surface area contributed by atoms with Crippen LogP contribution in [0, 0.1) is 0 Å². The van der Waals surface area contributed by atoms with Crippen molar-refractivity contribution in [3.63, 3.8) is 0 Å². The van der Waals surface area contributed by atoms with E-state index >= 15 is 0 Å². The summed E-state index contributed by atoms with van der Waals surface area (Å²) in [7, 11) is 0. The van der Waals surface area contributed by atoms with Gasteiger partial charge in [0.2, 0.25) is 0 Å². The highest BCUT2D eigenvalue weighted by Crippen LogP contribution is 2.28. The van der Waals surface area contributed by atoms with E-state index < -0.39 is 0 Å².